The molecule has 144 valence electrons. The first-order chi connectivity index (χ1) is 12.9. The summed E-state index contributed by atoms with van der Waals surface area (Å²) in [5.41, 5.74) is 0.0281. The molecule has 3 rings (SSSR count). The highest BCUT2D eigenvalue weighted by atomic mass is 35.5. The number of hydrogen-bond acceptors (Lipinski definition) is 2. The summed E-state index contributed by atoms with van der Waals surface area (Å²) in [5, 5.41) is 3.42. The number of hydrogen-bond donors (Lipinski definition) is 1. The van der Waals surface area contributed by atoms with Gasteiger partial charge in [-0.3, -0.25) is 4.79 Å². The SMILES string of the molecule is CC1CC1(CNC(=O)CCCOc1ccccc1Cl)c1ccc(F)cc1F. The van der Waals surface area contributed by atoms with E-state index in [2.05, 4.69) is 5.32 Å². The van der Waals surface area contributed by atoms with E-state index in [4.69, 9.17) is 16.3 Å². The average Bonchev–Trinajstić information content (AvgIpc) is 3.29. The van der Waals surface area contributed by atoms with Gasteiger partial charge in [-0.2, -0.15) is 0 Å². The molecule has 2 atom stereocenters. The fourth-order valence-corrected chi connectivity index (χ4v) is 3.61. The van der Waals surface area contributed by atoms with Crippen LogP contribution >= 0.6 is 11.6 Å². The Morgan fingerprint density at radius 1 is 1.30 bits per heavy atom. The number of halogens is 3. The van der Waals surface area contributed by atoms with Gasteiger partial charge in [-0.25, -0.2) is 8.78 Å². The Hall–Kier alpha value is -2.14. The molecule has 0 saturated heterocycles. The number of benzene rings is 2. The molecule has 1 fully saturated rings. The summed E-state index contributed by atoms with van der Waals surface area (Å²) in [7, 11) is 0. The first-order valence-electron chi connectivity index (χ1n) is 9.02. The highest BCUT2D eigenvalue weighted by Crippen LogP contribution is 2.54. The van der Waals surface area contributed by atoms with E-state index < -0.39 is 17.0 Å². The van der Waals surface area contributed by atoms with Crippen LogP contribution in [-0.2, 0) is 10.2 Å². The summed E-state index contributed by atoms with van der Waals surface area (Å²) in [6.07, 6.45) is 1.62. The van der Waals surface area contributed by atoms with E-state index in [9.17, 15) is 13.6 Å². The number of carbonyl (C=O) groups is 1. The van der Waals surface area contributed by atoms with Gasteiger partial charge in [0.2, 0.25) is 5.91 Å². The van der Waals surface area contributed by atoms with Crippen molar-refractivity contribution in [2.24, 2.45) is 5.92 Å². The van der Waals surface area contributed by atoms with Gasteiger partial charge < -0.3 is 10.1 Å². The van der Waals surface area contributed by atoms with Gasteiger partial charge >= 0.3 is 0 Å². The molecule has 1 N–H and O–H groups in total. The zero-order valence-corrected chi connectivity index (χ0v) is 15.9. The van der Waals surface area contributed by atoms with Crippen LogP contribution in [0.1, 0.15) is 31.7 Å². The Kier molecular flexibility index (Phi) is 6.00. The third-order valence-corrected chi connectivity index (χ3v) is 5.48. The minimum atomic E-state index is -0.595. The number of carbonyl (C=O) groups excluding carboxylic acids is 1. The van der Waals surface area contributed by atoms with E-state index in [1.54, 1.807) is 12.1 Å². The molecule has 3 nitrogen and oxygen atoms in total. The second-order valence-electron chi connectivity index (χ2n) is 7.04. The van der Waals surface area contributed by atoms with Crippen molar-refractivity contribution in [3.63, 3.8) is 0 Å². The fourth-order valence-electron chi connectivity index (χ4n) is 3.42. The molecule has 0 aromatic heterocycles. The van der Waals surface area contributed by atoms with Crippen LogP contribution in [-0.4, -0.2) is 19.1 Å². The maximum atomic E-state index is 14.1. The van der Waals surface area contributed by atoms with E-state index in [1.807, 2.05) is 19.1 Å². The predicted molar refractivity (Wildman–Crippen MR) is 101 cm³/mol. The Morgan fingerprint density at radius 3 is 2.70 bits per heavy atom. The molecule has 0 aliphatic heterocycles. The minimum Gasteiger partial charge on any atom is -0.492 e. The number of nitrogens with one attached hydrogen (secondary N) is 1. The van der Waals surface area contributed by atoms with Gasteiger partial charge in [0.1, 0.15) is 17.4 Å². The smallest absolute Gasteiger partial charge is 0.220 e. The second-order valence-corrected chi connectivity index (χ2v) is 7.45. The van der Waals surface area contributed by atoms with Gasteiger partial charge in [0.25, 0.3) is 0 Å². The maximum absolute atomic E-state index is 14.1. The van der Waals surface area contributed by atoms with Gasteiger partial charge in [-0.05, 0) is 42.5 Å². The molecule has 6 heteroatoms. The first-order valence-corrected chi connectivity index (χ1v) is 9.40. The third-order valence-electron chi connectivity index (χ3n) is 5.16. The zero-order chi connectivity index (χ0) is 19.4. The Morgan fingerprint density at radius 2 is 2.04 bits per heavy atom. The summed E-state index contributed by atoms with van der Waals surface area (Å²) in [6, 6.07) is 10.8. The molecule has 0 heterocycles. The number of rotatable bonds is 8. The number of amides is 1. The lowest BCUT2D eigenvalue weighted by Gasteiger charge is -2.19. The van der Waals surface area contributed by atoms with E-state index in [0.29, 0.717) is 42.3 Å². The number of ether oxygens (including phenoxy) is 1. The van der Waals surface area contributed by atoms with Crippen molar-refractivity contribution < 1.29 is 18.3 Å². The quantitative estimate of drug-likeness (QED) is 0.650. The summed E-state index contributed by atoms with van der Waals surface area (Å²) < 4.78 is 32.9. The topological polar surface area (TPSA) is 38.3 Å². The normalized spacial score (nSPS) is 21.0. The van der Waals surface area contributed by atoms with Crippen molar-refractivity contribution in [3.8, 4) is 5.75 Å². The molecule has 0 radical (unpaired) electrons. The van der Waals surface area contributed by atoms with Gasteiger partial charge in [-0.15, -0.1) is 0 Å². The Bertz CT molecular complexity index is 830. The lowest BCUT2D eigenvalue weighted by molar-refractivity contribution is -0.121. The highest BCUT2D eigenvalue weighted by Gasteiger charge is 2.53. The van der Waals surface area contributed by atoms with Crippen LogP contribution in [0.2, 0.25) is 5.02 Å². The van der Waals surface area contributed by atoms with Crippen LogP contribution in [0.3, 0.4) is 0 Å². The summed E-state index contributed by atoms with van der Waals surface area (Å²) in [5.74, 6) is -0.429. The van der Waals surface area contributed by atoms with Gasteiger partial charge in [0.15, 0.2) is 0 Å². The summed E-state index contributed by atoms with van der Waals surface area (Å²) in [4.78, 5) is 12.1. The average molecular weight is 394 g/mol. The van der Waals surface area contributed by atoms with Crippen LogP contribution < -0.4 is 10.1 Å². The highest BCUT2D eigenvalue weighted by molar-refractivity contribution is 6.32. The van der Waals surface area contributed by atoms with Crippen LogP contribution in [0.5, 0.6) is 5.75 Å². The molecule has 2 aromatic rings. The van der Waals surface area contributed by atoms with Crippen molar-refractivity contribution in [3.05, 3.63) is 64.7 Å². The molecular weight excluding hydrogens is 372 g/mol. The Balaban J connectivity index is 1.46. The molecule has 1 saturated carbocycles. The Labute approximate surface area is 162 Å². The summed E-state index contributed by atoms with van der Waals surface area (Å²) in [6.45, 7) is 2.73. The standard InChI is InChI=1S/C21H22ClF2NO2/c1-14-12-21(14,16-9-8-15(23)11-18(16)24)13-25-20(26)7-4-10-27-19-6-3-2-5-17(19)22/h2-3,5-6,8-9,11,14H,4,7,10,12-13H2,1H3,(H,25,26). The van der Waals surface area contributed by atoms with Crippen molar-refractivity contribution in [2.75, 3.05) is 13.2 Å². The van der Waals surface area contributed by atoms with Crippen LogP contribution in [0.15, 0.2) is 42.5 Å². The predicted octanol–water partition coefficient (Wildman–Crippen LogP) is 4.87. The molecule has 0 bridgehead atoms. The minimum absolute atomic E-state index is 0.112. The first kappa shape index (κ1) is 19.6. The third kappa shape index (κ3) is 4.59. The molecule has 2 unspecified atom stereocenters. The molecule has 1 aliphatic rings. The maximum Gasteiger partial charge on any atom is 0.220 e. The van der Waals surface area contributed by atoms with Crippen molar-refractivity contribution >= 4 is 17.5 Å². The van der Waals surface area contributed by atoms with E-state index in [1.165, 1.54) is 12.1 Å². The number of para-hydroxylation sites is 1. The van der Waals surface area contributed by atoms with Crippen molar-refractivity contribution in [2.45, 2.75) is 31.6 Å². The van der Waals surface area contributed by atoms with Gasteiger partial charge in [0, 0.05) is 24.4 Å². The van der Waals surface area contributed by atoms with Crippen LogP contribution in [0.4, 0.5) is 8.78 Å². The van der Waals surface area contributed by atoms with E-state index >= 15 is 0 Å². The molecule has 0 spiro atoms. The lowest BCUT2D eigenvalue weighted by atomic mass is 9.92. The second kappa shape index (κ2) is 8.26. The van der Waals surface area contributed by atoms with Crippen LogP contribution in [0, 0.1) is 17.6 Å². The van der Waals surface area contributed by atoms with Crippen LogP contribution in [0.25, 0.3) is 0 Å². The van der Waals surface area contributed by atoms with Crippen molar-refractivity contribution in [1.29, 1.82) is 0 Å². The lowest BCUT2D eigenvalue weighted by Crippen LogP contribution is -2.33. The van der Waals surface area contributed by atoms with E-state index in [0.717, 1.165) is 12.5 Å². The fraction of sp³-hybridized carbons (Fsp3) is 0.381. The zero-order valence-electron chi connectivity index (χ0n) is 15.1. The molecular formula is C21H22ClF2NO2. The van der Waals surface area contributed by atoms with Gasteiger partial charge in [-0.1, -0.05) is 36.7 Å². The van der Waals surface area contributed by atoms with E-state index in [-0.39, 0.29) is 11.8 Å². The molecule has 1 amide bonds. The monoisotopic (exact) mass is 393 g/mol. The largest absolute Gasteiger partial charge is 0.492 e. The summed E-state index contributed by atoms with van der Waals surface area (Å²) >= 11 is 6.01. The molecule has 2 aromatic carbocycles. The van der Waals surface area contributed by atoms with Crippen molar-refractivity contribution in [1.82, 2.24) is 5.32 Å². The molecule has 27 heavy (non-hydrogen) atoms. The van der Waals surface area contributed by atoms with Gasteiger partial charge in [0.05, 0.1) is 11.6 Å². The molecule has 1 aliphatic carbocycles.